The molecule has 0 bridgehead atoms. The van der Waals surface area contributed by atoms with Gasteiger partial charge in [-0.3, -0.25) is 28.8 Å². The van der Waals surface area contributed by atoms with Crippen LogP contribution < -0.4 is 21.6 Å². The molecule has 1 saturated heterocycles. The minimum atomic E-state index is -0.936. The van der Waals surface area contributed by atoms with Crippen LogP contribution in [-0.4, -0.2) is 50.4 Å². The molecule has 2 aromatic carbocycles. The summed E-state index contributed by atoms with van der Waals surface area (Å²) in [4.78, 5) is 64.2. The number of rotatable bonds is 3. The second-order valence-electron chi connectivity index (χ2n) is 9.58. The lowest BCUT2D eigenvalue weighted by molar-refractivity contribution is -0.126. The van der Waals surface area contributed by atoms with Gasteiger partial charge in [0.15, 0.2) is 0 Å². The molecule has 5 amide bonds. The Balaban J connectivity index is 1.25. The Labute approximate surface area is 205 Å². The Hall–Kier alpha value is -4.41. The van der Waals surface area contributed by atoms with Gasteiger partial charge in [-0.25, -0.2) is 9.59 Å². The fourth-order valence-electron chi connectivity index (χ4n) is 5.57. The number of likely N-dealkylation sites (N-methyl/N-ethyl adjacent to an activating group) is 1. The molecule has 1 fully saturated rings. The third kappa shape index (κ3) is 3.23. The molecule has 6 rings (SSSR count). The second kappa shape index (κ2) is 7.80. The molecule has 36 heavy (non-hydrogen) atoms. The standard InChI is InChI=1S/C25H24N6O5/c1-29-23(35)28-22(34)25(29)11-14-7-8-16(10-15(14)12-25)26-20(33)13-31-18-5-2-4-17-21(18)30(24(31)36)9-3-6-19(32)27-17/h2,4-5,7-8,10H,3,6,9,11-13H2,1H3,(H,26,33)(H,27,32)(H,28,34,35). The van der Waals surface area contributed by atoms with Crippen LogP contribution in [0.5, 0.6) is 0 Å². The number of imidazole rings is 1. The van der Waals surface area contributed by atoms with Crippen LogP contribution in [0.25, 0.3) is 11.0 Å². The van der Waals surface area contributed by atoms with E-state index in [1.54, 1.807) is 35.9 Å². The molecule has 11 heteroatoms. The van der Waals surface area contributed by atoms with Gasteiger partial charge in [0.2, 0.25) is 11.8 Å². The maximum atomic E-state index is 13.2. The van der Waals surface area contributed by atoms with E-state index in [2.05, 4.69) is 16.0 Å². The van der Waals surface area contributed by atoms with Gasteiger partial charge in [-0.2, -0.15) is 0 Å². The minimum absolute atomic E-state index is 0.101. The highest BCUT2D eigenvalue weighted by Crippen LogP contribution is 2.38. The number of para-hydroxylation sites is 1. The van der Waals surface area contributed by atoms with E-state index in [0.717, 1.165) is 11.1 Å². The number of nitrogens with one attached hydrogen (secondary N) is 3. The number of aryl methyl sites for hydroxylation is 1. The predicted octanol–water partition coefficient (Wildman–Crippen LogP) is 1.19. The molecule has 1 spiro atoms. The van der Waals surface area contributed by atoms with Crippen molar-refractivity contribution >= 4 is 46.2 Å². The smallest absolute Gasteiger partial charge is 0.325 e. The average molecular weight is 489 g/mol. The van der Waals surface area contributed by atoms with E-state index in [9.17, 15) is 24.0 Å². The normalized spacial score (nSPS) is 20.8. The molecular formula is C25H24N6O5. The molecule has 1 aromatic heterocycles. The summed E-state index contributed by atoms with van der Waals surface area (Å²) in [6, 6.07) is 10.3. The molecular weight excluding hydrogens is 464 g/mol. The fraction of sp³-hybridized carbons (Fsp3) is 0.320. The van der Waals surface area contributed by atoms with Crippen molar-refractivity contribution < 1.29 is 19.2 Å². The summed E-state index contributed by atoms with van der Waals surface area (Å²) < 4.78 is 3.02. The van der Waals surface area contributed by atoms with E-state index in [1.165, 1.54) is 9.47 Å². The first kappa shape index (κ1) is 22.1. The van der Waals surface area contributed by atoms with Crippen molar-refractivity contribution in [1.82, 2.24) is 19.4 Å². The molecule has 1 aliphatic carbocycles. The average Bonchev–Trinajstić information content (AvgIpc) is 3.41. The molecule has 184 valence electrons. The molecule has 11 nitrogen and oxygen atoms in total. The van der Waals surface area contributed by atoms with Gasteiger partial charge >= 0.3 is 11.7 Å². The van der Waals surface area contributed by atoms with Gasteiger partial charge in [0.25, 0.3) is 5.91 Å². The van der Waals surface area contributed by atoms with E-state index in [4.69, 9.17) is 0 Å². The van der Waals surface area contributed by atoms with Crippen molar-refractivity contribution in [3.63, 3.8) is 0 Å². The van der Waals surface area contributed by atoms with E-state index in [1.807, 2.05) is 12.1 Å². The van der Waals surface area contributed by atoms with E-state index >= 15 is 0 Å². The Morgan fingerprint density at radius 2 is 1.86 bits per heavy atom. The number of amides is 5. The van der Waals surface area contributed by atoms with Crippen LogP contribution in [-0.2, 0) is 40.3 Å². The third-order valence-electron chi connectivity index (χ3n) is 7.44. The predicted molar refractivity (Wildman–Crippen MR) is 131 cm³/mol. The Morgan fingerprint density at radius 1 is 1.06 bits per heavy atom. The molecule has 2 aliphatic heterocycles. The number of urea groups is 1. The number of hydrogen-bond acceptors (Lipinski definition) is 5. The highest BCUT2D eigenvalue weighted by molar-refractivity contribution is 6.08. The fourth-order valence-corrected chi connectivity index (χ4v) is 5.57. The number of nitrogens with zero attached hydrogens (tertiary/aromatic N) is 3. The van der Waals surface area contributed by atoms with Gasteiger partial charge in [0.05, 0.1) is 16.7 Å². The highest BCUT2D eigenvalue weighted by atomic mass is 16.2. The molecule has 3 aromatic rings. The van der Waals surface area contributed by atoms with Crippen LogP contribution in [0.1, 0.15) is 24.0 Å². The second-order valence-corrected chi connectivity index (χ2v) is 9.58. The van der Waals surface area contributed by atoms with Crippen molar-refractivity contribution in [3.8, 4) is 0 Å². The zero-order valence-corrected chi connectivity index (χ0v) is 19.6. The number of benzene rings is 2. The van der Waals surface area contributed by atoms with E-state index in [0.29, 0.717) is 54.6 Å². The quantitative estimate of drug-likeness (QED) is 0.476. The van der Waals surface area contributed by atoms with Crippen molar-refractivity contribution in [2.75, 3.05) is 17.7 Å². The summed E-state index contributed by atoms with van der Waals surface area (Å²) in [6.07, 6.45) is 1.62. The number of carbonyl (C=O) groups excluding carboxylic acids is 4. The topological polar surface area (TPSA) is 135 Å². The van der Waals surface area contributed by atoms with Crippen LogP contribution in [0.3, 0.4) is 0 Å². The summed E-state index contributed by atoms with van der Waals surface area (Å²) in [5.41, 5.74) is 2.88. The summed E-state index contributed by atoms with van der Waals surface area (Å²) in [6.45, 7) is 0.200. The van der Waals surface area contributed by atoms with Crippen LogP contribution >= 0.6 is 0 Å². The largest absolute Gasteiger partial charge is 0.329 e. The molecule has 1 unspecified atom stereocenters. The first-order chi connectivity index (χ1) is 17.3. The van der Waals surface area contributed by atoms with E-state index < -0.39 is 11.6 Å². The molecule has 1 atom stereocenters. The highest BCUT2D eigenvalue weighted by Gasteiger charge is 2.54. The SMILES string of the molecule is CN1C(=O)NC(=O)C12Cc1ccc(NC(=O)Cn3c(=O)n4c5c(cccc53)NC(=O)CCC4)cc1C2. The lowest BCUT2D eigenvalue weighted by Gasteiger charge is -2.27. The van der Waals surface area contributed by atoms with Gasteiger partial charge in [-0.1, -0.05) is 12.1 Å². The first-order valence-corrected chi connectivity index (χ1v) is 11.8. The zero-order valence-electron chi connectivity index (χ0n) is 19.6. The number of imide groups is 1. The molecule has 0 radical (unpaired) electrons. The molecule has 3 heterocycles. The van der Waals surface area contributed by atoms with Gasteiger partial charge in [0, 0.05) is 38.5 Å². The third-order valence-corrected chi connectivity index (χ3v) is 7.44. The lowest BCUT2D eigenvalue weighted by Crippen LogP contribution is -2.48. The number of carbonyl (C=O) groups is 4. The number of aromatic nitrogens is 2. The van der Waals surface area contributed by atoms with Crippen molar-refractivity contribution in [1.29, 1.82) is 0 Å². The Kier molecular flexibility index (Phi) is 4.79. The van der Waals surface area contributed by atoms with Crippen LogP contribution in [0.4, 0.5) is 16.2 Å². The zero-order chi connectivity index (χ0) is 25.2. The van der Waals surface area contributed by atoms with E-state index in [-0.39, 0.29) is 30.0 Å². The number of hydrogen-bond donors (Lipinski definition) is 3. The van der Waals surface area contributed by atoms with Gasteiger partial charge < -0.3 is 15.5 Å². The minimum Gasteiger partial charge on any atom is -0.325 e. The molecule has 3 aliphatic rings. The van der Waals surface area contributed by atoms with Gasteiger partial charge in [-0.15, -0.1) is 0 Å². The van der Waals surface area contributed by atoms with Gasteiger partial charge in [0.1, 0.15) is 12.1 Å². The number of anilines is 2. The number of fused-ring (bicyclic) bond motifs is 1. The van der Waals surface area contributed by atoms with Crippen LogP contribution in [0, 0.1) is 0 Å². The maximum Gasteiger partial charge on any atom is 0.329 e. The van der Waals surface area contributed by atoms with Crippen LogP contribution in [0.2, 0.25) is 0 Å². The Bertz CT molecular complexity index is 1550. The maximum absolute atomic E-state index is 13.2. The Morgan fingerprint density at radius 3 is 2.64 bits per heavy atom. The summed E-state index contributed by atoms with van der Waals surface area (Å²) in [5, 5.41) is 8.08. The van der Waals surface area contributed by atoms with Crippen molar-refractivity contribution in [3.05, 3.63) is 58.0 Å². The lowest BCUT2D eigenvalue weighted by atomic mass is 9.95. The first-order valence-electron chi connectivity index (χ1n) is 11.8. The van der Waals surface area contributed by atoms with Crippen molar-refractivity contribution in [2.24, 2.45) is 0 Å². The summed E-state index contributed by atoms with van der Waals surface area (Å²) >= 11 is 0. The molecule has 0 saturated carbocycles. The summed E-state index contributed by atoms with van der Waals surface area (Å²) in [7, 11) is 1.61. The monoisotopic (exact) mass is 488 g/mol. The van der Waals surface area contributed by atoms with Crippen molar-refractivity contribution in [2.45, 2.75) is 44.3 Å². The van der Waals surface area contributed by atoms with Gasteiger partial charge in [-0.05, 0) is 41.8 Å². The molecule has 3 N–H and O–H groups in total. The van der Waals surface area contributed by atoms with Crippen LogP contribution in [0.15, 0.2) is 41.2 Å². The summed E-state index contributed by atoms with van der Waals surface area (Å²) in [5.74, 6) is -0.790.